The predicted octanol–water partition coefficient (Wildman–Crippen LogP) is 5.79. The average Bonchev–Trinajstić information content (AvgIpc) is 3.26. The van der Waals surface area contributed by atoms with Gasteiger partial charge in [-0.05, 0) is 48.2 Å². The number of rotatable bonds is 7. The van der Waals surface area contributed by atoms with Crippen LogP contribution in [-0.2, 0) is 12.2 Å². The third kappa shape index (κ3) is 4.52. The molecule has 160 valence electrons. The standard InChI is InChI=1S/C23H23ClN4O2S/c1-4-14(3)15-6-9-17(10-7-15)28-22(29)18-12-16(24)8-11-19(18)25-23(28)31-13-21-27-26-20(5-2)30-21/h6-12,14H,4-5,13H2,1-3H3. The lowest BCUT2D eigenvalue weighted by Gasteiger charge is -2.14. The van der Waals surface area contributed by atoms with Crippen molar-refractivity contribution in [2.45, 2.75) is 50.4 Å². The van der Waals surface area contributed by atoms with Crippen LogP contribution in [0.3, 0.4) is 0 Å². The largest absolute Gasteiger partial charge is 0.424 e. The molecule has 2 aromatic heterocycles. The van der Waals surface area contributed by atoms with E-state index in [1.165, 1.54) is 17.3 Å². The number of benzene rings is 2. The smallest absolute Gasteiger partial charge is 0.266 e. The zero-order valence-electron chi connectivity index (χ0n) is 17.6. The number of aryl methyl sites for hydroxylation is 1. The number of hydrogen-bond donors (Lipinski definition) is 0. The first-order valence-electron chi connectivity index (χ1n) is 10.3. The highest BCUT2D eigenvalue weighted by atomic mass is 35.5. The summed E-state index contributed by atoms with van der Waals surface area (Å²) in [5, 5.41) is 9.62. The molecule has 0 amide bonds. The molecule has 0 saturated heterocycles. The molecule has 31 heavy (non-hydrogen) atoms. The van der Waals surface area contributed by atoms with E-state index in [9.17, 15) is 4.79 Å². The Balaban J connectivity index is 1.79. The summed E-state index contributed by atoms with van der Waals surface area (Å²) < 4.78 is 7.24. The molecule has 1 atom stereocenters. The van der Waals surface area contributed by atoms with Crippen LogP contribution in [0.25, 0.3) is 16.6 Å². The number of nitrogens with zero attached hydrogens (tertiary/aromatic N) is 4. The molecule has 0 aliphatic carbocycles. The molecule has 0 bridgehead atoms. The van der Waals surface area contributed by atoms with Crippen LogP contribution in [0.4, 0.5) is 0 Å². The fourth-order valence-corrected chi connectivity index (χ4v) is 4.29. The van der Waals surface area contributed by atoms with E-state index < -0.39 is 0 Å². The summed E-state index contributed by atoms with van der Waals surface area (Å²) in [7, 11) is 0. The first kappa shape index (κ1) is 21.6. The molecule has 4 rings (SSSR count). The summed E-state index contributed by atoms with van der Waals surface area (Å²) in [6.45, 7) is 6.31. The maximum atomic E-state index is 13.4. The third-order valence-electron chi connectivity index (χ3n) is 5.27. The van der Waals surface area contributed by atoms with Gasteiger partial charge in [0.05, 0.1) is 22.3 Å². The van der Waals surface area contributed by atoms with Crippen LogP contribution >= 0.6 is 23.4 Å². The molecular weight excluding hydrogens is 432 g/mol. The minimum absolute atomic E-state index is 0.161. The lowest BCUT2D eigenvalue weighted by molar-refractivity contribution is 0.469. The molecule has 6 nitrogen and oxygen atoms in total. The van der Waals surface area contributed by atoms with Gasteiger partial charge in [-0.1, -0.05) is 56.3 Å². The fourth-order valence-electron chi connectivity index (χ4n) is 3.27. The second-order valence-corrected chi connectivity index (χ2v) is 8.71. The number of hydrogen-bond acceptors (Lipinski definition) is 6. The van der Waals surface area contributed by atoms with Crippen LogP contribution < -0.4 is 5.56 Å². The van der Waals surface area contributed by atoms with Crippen LogP contribution in [0.1, 0.15) is 50.5 Å². The van der Waals surface area contributed by atoms with Crippen LogP contribution in [-0.4, -0.2) is 19.7 Å². The summed E-state index contributed by atoms with van der Waals surface area (Å²) >= 11 is 7.54. The Bertz CT molecular complexity index is 1270. The number of thioether (sulfide) groups is 1. The minimum Gasteiger partial charge on any atom is -0.424 e. The molecule has 0 radical (unpaired) electrons. The Morgan fingerprint density at radius 1 is 1.10 bits per heavy atom. The third-order valence-corrected chi connectivity index (χ3v) is 6.43. The number of aromatic nitrogens is 4. The molecule has 0 fully saturated rings. The van der Waals surface area contributed by atoms with E-state index in [0.717, 1.165) is 12.1 Å². The van der Waals surface area contributed by atoms with Gasteiger partial charge in [0.25, 0.3) is 5.56 Å². The summed E-state index contributed by atoms with van der Waals surface area (Å²) in [6.07, 6.45) is 1.74. The zero-order chi connectivity index (χ0) is 22.0. The van der Waals surface area contributed by atoms with E-state index >= 15 is 0 Å². The van der Waals surface area contributed by atoms with E-state index in [4.69, 9.17) is 21.0 Å². The summed E-state index contributed by atoms with van der Waals surface area (Å²) in [5.41, 5.74) is 2.44. The van der Waals surface area contributed by atoms with Crippen molar-refractivity contribution in [3.63, 3.8) is 0 Å². The van der Waals surface area contributed by atoms with Crippen molar-refractivity contribution >= 4 is 34.3 Å². The molecule has 2 aromatic carbocycles. The lowest BCUT2D eigenvalue weighted by atomic mass is 9.98. The van der Waals surface area contributed by atoms with E-state index in [0.29, 0.717) is 51.0 Å². The van der Waals surface area contributed by atoms with Crippen molar-refractivity contribution in [1.29, 1.82) is 0 Å². The highest BCUT2D eigenvalue weighted by molar-refractivity contribution is 7.98. The summed E-state index contributed by atoms with van der Waals surface area (Å²) in [4.78, 5) is 18.2. The molecule has 1 unspecified atom stereocenters. The average molecular weight is 455 g/mol. The molecule has 0 aliphatic rings. The molecular formula is C23H23ClN4O2S. The number of fused-ring (bicyclic) bond motifs is 1. The second-order valence-electron chi connectivity index (χ2n) is 7.33. The minimum atomic E-state index is -0.161. The van der Waals surface area contributed by atoms with E-state index in [2.05, 4.69) is 36.2 Å². The SMILES string of the molecule is CCc1nnc(CSc2nc3ccc(Cl)cc3c(=O)n2-c2ccc(C(C)CC)cc2)o1. The monoisotopic (exact) mass is 454 g/mol. The fraction of sp³-hybridized carbons (Fsp3) is 0.304. The Kier molecular flexibility index (Phi) is 6.43. The molecule has 8 heteroatoms. The van der Waals surface area contributed by atoms with Crippen LogP contribution in [0.5, 0.6) is 0 Å². The van der Waals surface area contributed by atoms with Crippen LogP contribution in [0.15, 0.2) is 56.8 Å². The molecule has 0 aliphatic heterocycles. The van der Waals surface area contributed by atoms with Gasteiger partial charge in [0.1, 0.15) is 0 Å². The second kappa shape index (κ2) is 9.24. The molecule has 4 aromatic rings. The molecule has 0 N–H and O–H groups in total. The van der Waals surface area contributed by atoms with Crippen molar-refractivity contribution in [3.05, 3.63) is 75.2 Å². The highest BCUT2D eigenvalue weighted by Gasteiger charge is 2.16. The molecule has 2 heterocycles. The van der Waals surface area contributed by atoms with Gasteiger partial charge in [-0.25, -0.2) is 4.98 Å². The predicted molar refractivity (Wildman–Crippen MR) is 124 cm³/mol. The first-order valence-corrected chi connectivity index (χ1v) is 11.6. The topological polar surface area (TPSA) is 73.8 Å². The Morgan fingerprint density at radius 2 is 1.84 bits per heavy atom. The van der Waals surface area contributed by atoms with Gasteiger partial charge >= 0.3 is 0 Å². The Labute approximate surface area is 189 Å². The van der Waals surface area contributed by atoms with Gasteiger partial charge in [0, 0.05) is 11.4 Å². The maximum Gasteiger partial charge on any atom is 0.266 e. The highest BCUT2D eigenvalue weighted by Crippen LogP contribution is 2.27. The van der Waals surface area contributed by atoms with E-state index in [1.807, 2.05) is 19.1 Å². The van der Waals surface area contributed by atoms with Crippen molar-refractivity contribution in [3.8, 4) is 5.69 Å². The van der Waals surface area contributed by atoms with Gasteiger partial charge in [0.2, 0.25) is 11.8 Å². The zero-order valence-corrected chi connectivity index (χ0v) is 19.2. The first-order chi connectivity index (χ1) is 15.0. The molecule has 0 spiro atoms. The van der Waals surface area contributed by atoms with E-state index in [1.54, 1.807) is 22.8 Å². The Hall–Kier alpha value is -2.64. The van der Waals surface area contributed by atoms with E-state index in [-0.39, 0.29) is 5.56 Å². The van der Waals surface area contributed by atoms with Gasteiger partial charge in [-0.15, -0.1) is 10.2 Å². The van der Waals surface area contributed by atoms with Crippen molar-refractivity contribution in [2.24, 2.45) is 0 Å². The Morgan fingerprint density at radius 3 is 2.52 bits per heavy atom. The van der Waals surface area contributed by atoms with Gasteiger partial charge in [0.15, 0.2) is 5.16 Å². The normalized spacial score (nSPS) is 12.4. The van der Waals surface area contributed by atoms with Gasteiger partial charge < -0.3 is 4.42 Å². The van der Waals surface area contributed by atoms with Gasteiger partial charge in [-0.3, -0.25) is 9.36 Å². The quantitative estimate of drug-likeness (QED) is 0.260. The van der Waals surface area contributed by atoms with Crippen molar-refractivity contribution in [1.82, 2.24) is 19.7 Å². The molecule has 0 saturated carbocycles. The lowest BCUT2D eigenvalue weighted by Crippen LogP contribution is -2.21. The van der Waals surface area contributed by atoms with Crippen LogP contribution in [0.2, 0.25) is 5.02 Å². The van der Waals surface area contributed by atoms with Crippen LogP contribution in [0, 0.1) is 0 Å². The summed E-state index contributed by atoms with van der Waals surface area (Å²) in [6, 6.07) is 13.2. The number of halogens is 1. The van der Waals surface area contributed by atoms with Gasteiger partial charge in [-0.2, -0.15) is 0 Å². The van der Waals surface area contributed by atoms with Crippen molar-refractivity contribution < 1.29 is 4.42 Å². The summed E-state index contributed by atoms with van der Waals surface area (Å²) in [5.74, 6) is 1.97. The van der Waals surface area contributed by atoms with Crippen molar-refractivity contribution in [2.75, 3.05) is 0 Å². The maximum absolute atomic E-state index is 13.4.